The summed E-state index contributed by atoms with van der Waals surface area (Å²) in [5.74, 6) is -0.143. The van der Waals surface area contributed by atoms with E-state index in [4.69, 9.17) is 0 Å². The lowest BCUT2D eigenvalue weighted by molar-refractivity contribution is -0.131. The van der Waals surface area contributed by atoms with Gasteiger partial charge in [0.2, 0.25) is 5.91 Å². The number of nitrogens with zero attached hydrogens (tertiary/aromatic N) is 3. The topological polar surface area (TPSA) is 55.2 Å². The fourth-order valence-electron chi connectivity index (χ4n) is 3.54. The molecule has 0 saturated carbocycles. The fraction of sp³-hybridized carbons (Fsp3) is 0.348. The summed E-state index contributed by atoms with van der Waals surface area (Å²) in [7, 11) is 0. The van der Waals surface area contributed by atoms with Crippen molar-refractivity contribution in [2.75, 3.05) is 5.75 Å². The molecule has 7 heteroatoms. The maximum atomic E-state index is 13.3. The Labute approximate surface area is 179 Å². The highest BCUT2D eigenvalue weighted by Crippen LogP contribution is 2.20. The Bertz CT molecular complexity index is 1090. The number of rotatable bonds is 7. The number of fused-ring (bicyclic) bond motifs is 1. The average Bonchev–Trinajstić information content (AvgIpc) is 2.70. The molecule has 0 unspecified atom stereocenters. The molecule has 2 aromatic carbocycles. The van der Waals surface area contributed by atoms with E-state index in [1.807, 2.05) is 38.7 Å². The van der Waals surface area contributed by atoms with Gasteiger partial charge in [-0.25, -0.2) is 9.37 Å². The minimum Gasteiger partial charge on any atom is -0.337 e. The van der Waals surface area contributed by atoms with Crippen LogP contribution in [0.15, 0.2) is 58.5 Å². The van der Waals surface area contributed by atoms with Crippen LogP contribution in [0, 0.1) is 5.82 Å². The number of amides is 1. The maximum absolute atomic E-state index is 13.3. The van der Waals surface area contributed by atoms with Gasteiger partial charge in [0.25, 0.3) is 5.56 Å². The molecule has 0 fully saturated rings. The van der Waals surface area contributed by atoms with Gasteiger partial charge in [-0.2, -0.15) is 0 Å². The largest absolute Gasteiger partial charge is 0.337 e. The minimum absolute atomic E-state index is 0.000685. The van der Waals surface area contributed by atoms with Crippen LogP contribution in [-0.2, 0) is 11.3 Å². The van der Waals surface area contributed by atoms with Crippen molar-refractivity contribution >= 4 is 28.6 Å². The Morgan fingerprint density at radius 1 is 1.07 bits per heavy atom. The molecule has 1 amide bonds. The number of carbonyl (C=O) groups is 1. The SMILES string of the molecule is CC(C)N(C(=O)CSc1nc2ccccc2c(=O)n1Cc1ccc(F)cc1)C(C)C. The van der Waals surface area contributed by atoms with Crippen LogP contribution in [0.3, 0.4) is 0 Å². The van der Waals surface area contributed by atoms with Crippen molar-refractivity contribution in [3.8, 4) is 0 Å². The zero-order valence-electron chi connectivity index (χ0n) is 17.6. The molecule has 3 aromatic rings. The lowest BCUT2D eigenvalue weighted by Gasteiger charge is -2.30. The van der Waals surface area contributed by atoms with Gasteiger partial charge in [-0.05, 0) is 57.5 Å². The fourth-order valence-corrected chi connectivity index (χ4v) is 4.41. The zero-order valence-corrected chi connectivity index (χ0v) is 18.4. The molecular formula is C23H26FN3O2S. The van der Waals surface area contributed by atoms with Crippen molar-refractivity contribution in [3.05, 3.63) is 70.3 Å². The molecule has 1 aromatic heterocycles. The molecule has 0 spiro atoms. The van der Waals surface area contributed by atoms with E-state index in [1.165, 1.54) is 23.9 Å². The predicted molar refractivity (Wildman–Crippen MR) is 119 cm³/mol. The van der Waals surface area contributed by atoms with Crippen LogP contribution in [0.1, 0.15) is 33.3 Å². The molecule has 3 rings (SSSR count). The lowest BCUT2D eigenvalue weighted by Crippen LogP contribution is -2.43. The Balaban J connectivity index is 1.96. The number of benzene rings is 2. The first kappa shape index (κ1) is 22.0. The second kappa shape index (κ2) is 9.43. The summed E-state index contributed by atoms with van der Waals surface area (Å²) in [6, 6.07) is 13.4. The van der Waals surface area contributed by atoms with Crippen molar-refractivity contribution in [2.24, 2.45) is 0 Å². The number of hydrogen-bond acceptors (Lipinski definition) is 4. The number of hydrogen-bond donors (Lipinski definition) is 0. The van der Waals surface area contributed by atoms with Gasteiger partial charge in [0, 0.05) is 12.1 Å². The molecule has 0 radical (unpaired) electrons. The Morgan fingerprint density at radius 2 is 1.70 bits per heavy atom. The van der Waals surface area contributed by atoms with Gasteiger partial charge in [0.05, 0.1) is 23.2 Å². The van der Waals surface area contributed by atoms with Crippen LogP contribution in [0.25, 0.3) is 10.9 Å². The van der Waals surface area contributed by atoms with E-state index < -0.39 is 0 Å². The molecule has 0 saturated heterocycles. The highest BCUT2D eigenvalue weighted by Gasteiger charge is 2.21. The molecule has 0 aliphatic rings. The van der Waals surface area contributed by atoms with Crippen LogP contribution in [0.2, 0.25) is 0 Å². The molecule has 30 heavy (non-hydrogen) atoms. The first-order valence-corrected chi connectivity index (χ1v) is 10.9. The van der Waals surface area contributed by atoms with E-state index in [2.05, 4.69) is 4.98 Å². The lowest BCUT2D eigenvalue weighted by atomic mass is 10.2. The van der Waals surface area contributed by atoms with Crippen molar-refractivity contribution in [1.29, 1.82) is 0 Å². The van der Waals surface area contributed by atoms with Gasteiger partial charge >= 0.3 is 0 Å². The molecule has 0 aliphatic heterocycles. The molecule has 5 nitrogen and oxygen atoms in total. The summed E-state index contributed by atoms with van der Waals surface area (Å²) in [5.41, 5.74) is 1.21. The van der Waals surface area contributed by atoms with Crippen molar-refractivity contribution in [1.82, 2.24) is 14.5 Å². The molecule has 1 heterocycles. The third-order valence-corrected chi connectivity index (χ3v) is 5.77. The quantitative estimate of drug-likeness (QED) is 0.416. The Hall–Kier alpha value is -2.67. The summed E-state index contributed by atoms with van der Waals surface area (Å²) in [6.45, 7) is 8.21. The monoisotopic (exact) mass is 427 g/mol. The zero-order chi connectivity index (χ0) is 21.8. The summed E-state index contributed by atoms with van der Waals surface area (Å²) >= 11 is 1.26. The molecule has 0 N–H and O–H groups in total. The third-order valence-electron chi connectivity index (χ3n) is 4.81. The van der Waals surface area contributed by atoms with Crippen LogP contribution >= 0.6 is 11.8 Å². The summed E-state index contributed by atoms with van der Waals surface area (Å²) < 4.78 is 14.8. The van der Waals surface area contributed by atoms with Crippen LogP contribution in [0.4, 0.5) is 4.39 Å². The smallest absolute Gasteiger partial charge is 0.262 e. The number of para-hydroxylation sites is 1. The summed E-state index contributed by atoms with van der Waals surface area (Å²) in [5, 5.41) is 0.991. The molecular weight excluding hydrogens is 401 g/mol. The van der Waals surface area contributed by atoms with E-state index in [0.717, 1.165) is 5.56 Å². The van der Waals surface area contributed by atoms with E-state index in [0.29, 0.717) is 16.1 Å². The predicted octanol–water partition coefficient (Wildman–Crippen LogP) is 4.32. The standard InChI is InChI=1S/C23H26FN3O2S/c1-15(2)27(16(3)4)21(28)14-30-23-25-20-8-6-5-7-19(20)22(29)26(23)13-17-9-11-18(24)12-10-17/h5-12,15-16H,13-14H2,1-4H3. The van der Waals surface area contributed by atoms with Crippen LogP contribution < -0.4 is 5.56 Å². The van der Waals surface area contributed by atoms with Gasteiger partial charge in [0.1, 0.15) is 5.82 Å². The first-order valence-electron chi connectivity index (χ1n) is 9.96. The number of aromatic nitrogens is 2. The van der Waals surface area contributed by atoms with Crippen LogP contribution in [0.5, 0.6) is 0 Å². The van der Waals surface area contributed by atoms with Crippen molar-refractivity contribution in [3.63, 3.8) is 0 Å². The Morgan fingerprint density at radius 3 is 2.33 bits per heavy atom. The van der Waals surface area contributed by atoms with E-state index in [9.17, 15) is 14.0 Å². The Kier molecular flexibility index (Phi) is 6.92. The molecule has 158 valence electrons. The summed E-state index contributed by atoms with van der Waals surface area (Å²) in [4.78, 5) is 32.4. The second-order valence-corrected chi connectivity index (χ2v) is 8.65. The van der Waals surface area contributed by atoms with E-state index in [-0.39, 0.29) is 41.7 Å². The highest BCUT2D eigenvalue weighted by molar-refractivity contribution is 7.99. The van der Waals surface area contributed by atoms with Gasteiger partial charge in [0.15, 0.2) is 5.16 Å². The molecule has 0 aliphatic carbocycles. The number of carbonyl (C=O) groups excluding carboxylic acids is 1. The molecule has 0 atom stereocenters. The maximum Gasteiger partial charge on any atom is 0.262 e. The van der Waals surface area contributed by atoms with Gasteiger partial charge in [-0.3, -0.25) is 14.2 Å². The van der Waals surface area contributed by atoms with E-state index >= 15 is 0 Å². The third kappa shape index (κ3) is 4.90. The van der Waals surface area contributed by atoms with Gasteiger partial charge in [-0.1, -0.05) is 36.0 Å². The van der Waals surface area contributed by atoms with Crippen molar-refractivity contribution in [2.45, 2.75) is 51.5 Å². The number of thioether (sulfide) groups is 1. The average molecular weight is 428 g/mol. The van der Waals surface area contributed by atoms with Crippen molar-refractivity contribution < 1.29 is 9.18 Å². The minimum atomic E-state index is -0.328. The van der Waals surface area contributed by atoms with Gasteiger partial charge < -0.3 is 4.90 Å². The van der Waals surface area contributed by atoms with Crippen LogP contribution in [-0.4, -0.2) is 38.2 Å². The second-order valence-electron chi connectivity index (χ2n) is 7.71. The number of halogens is 1. The first-order chi connectivity index (χ1) is 14.3. The van der Waals surface area contributed by atoms with E-state index in [1.54, 1.807) is 34.9 Å². The highest BCUT2D eigenvalue weighted by atomic mass is 32.2. The molecule has 0 bridgehead atoms. The summed E-state index contributed by atoms with van der Waals surface area (Å²) in [6.07, 6.45) is 0. The normalized spacial score (nSPS) is 11.4. The van der Waals surface area contributed by atoms with Gasteiger partial charge in [-0.15, -0.1) is 0 Å².